The van der Waals surface area contributed by atoms with E-state index in [9.17, 15) is 9.59 Å². The molecular formula is C17H23N3O3. The highest BCUT2D eigenvalue weighted by molar-refractivity contribution is 5.98. The average molecular weight is 317 g/mol. The van der Waals surface area contributed by atoms with E-state index in [0.717, 1.165) is 45.7 Å². The van der Waals surface area contributed by atoms with Crippen molar-refractivity contribution in [3.63, 3.8) is 0 Å². The SMILES string of the molecule is O=C(NCCN1CCOCC1)c1cccc(NC(=O)C2CC2)c1. The van der Waals surface area contributed by atoms with Crippen LogP contribution in [0.1, 0.15) is 23.2 Å². The molecule has 1 aliphatic heterocycles. The Labute approximate surface area is 136 Å². The maximum atomic E-state index is 12.2. The highest BCUT2D eigenvalue weighted by atomic mass is 16.5. The molecule has 124 valence electrons. The van der Waals surface area contributed by atoms with Crippen LogP contribution in [0.3, 0.4) is 0 Å². The molecule has 2 fully saturated rings. The molecular weight excluding hydrogens is 294 g/mol. The van der Waals surface area contributed by atoms with Crippen molar-refractivity contribution >= 4 is 17.5 Å². The van der Waals surface area contributed by atoms with Crippen LogP contribution in [0.15, 0.2) is 24.3 Å². The number of amides is 2. The minimum atomic E-state index is -0.110. The standard InChI is InChI=1S/C17H23N3O3/c21-16(18-6-7-20-8-10-23-11-9-20)14-2-1-3-15(12-14)19-17(22)13-4-5-13/h1-3,12-13H,4-11H2,(H,18,21)(H,19,22). The van der Waals surface area contributed by atoms with E-state index >= 15 is 0 Å². The third-order valence-electron chi connectivity index (χ3n) is 4.16. The summed E-state index contributed by atoms with van der Waals surface area (Å²) >= 11 is 0. The van der Waals surface area contributed by atoms with E-state index in [1.54, 1.807) is 18.2 Å². The van der Waals surface area contributed by atoms with Crippen LogP contribution in [0.25, 0.3) is 0 Å². The van der Waals surface area contributed by atoms with E-state index in [1.807, 2.05) is 6.07 Å². The van der Waals surface area contributed by atoms with Gasteiger partial charge in [-0.1, -0.05) is 6.07 Å². The van der Waals surface area contributed by atoms with Crippen molar-refractivity contribution in [1.29, 1.82) is 0 Å². The number of hydrogen-bond donors (Lipinski definition) is 2. The lowest BCUT2D eigenvalue weighted by molar-refractivity contribution is -0.117. The van der Waals surface area contributed by atoms with Gasteiger partial charge in [-0.15, -0.1) is 0 Å². The van der Waals surface area contributed by atoms with Gasteiger partial charge >= 0.3 is 0 Å². The number of anilines is 1. The van der Waals surface area contributed by atoms with E-state index in [2.05, 4.69) is 15.5 Å². The van der Waals surface area contributed by atoms with Gasteiger partial charge in [0.25, 0.3) is 5.91 Å². The fourth-order valence-electron chi connectivity index (χ4n) is 2.58. The average Bonchev–Trinajstić information content (AvgIpc) is 3.41. The highest BCUT2D eigenvalue weighted by Crippen LogP contribution is 2.30. The zero-order valence-electron chi connectivity index (χ0n) is 13.2. The van der Waals surface area contributed by atoms with Crippen LogP contribution in [0.2, 0.25) is 0 Å². The van der Waals surface area contributed by atoms with Gasteiger partial charge in [0.15, 0.2) is 0 Å². The molecule has 0 radical (unpaired) electrons. The summed E-state index contributed by atoms with van der Waals surface area (Å²) in [6.07, 6.45) is 1.93. The summed E-state index contributed by atoms with van der Waals surface area (Å²) in [6.45, 7) is 4.79. The highest BCUT2D eigenvalue weighted by Gasteiger charge is 2.29. The van der Waals surface area contributed by atoms with Crippen molar-refractivity contribution < 1.29 is 14.3 Å². The molecule has 0 atom stereocenters. The normalized spacial score (nSPS) is 18.4. The number of hydrogen-bond acceptors (Lipinski definition) is 4. The van der Waals surface area contributed by atoms with Crippen molar-refractivity contribution in [3.8, 4) is 0 Å². The predicted molar refractivity (Wildman–Crippen MR) is 87.4 cm³/mol. The summed E-state index contributed by atoms with van der Waals surface area (Å²) in [5, 5.41) is 5.79. The largest absolute Gasteiger partial charge is 0.379 e. The molecule has 3 rings (SSSR count). The van der Waals surface area contributed by atoms with Crippen molar-refractivity contribution in [2.75, 3.05) is 44.7 Å². The molecule has 0 bridgehead atoms. The first-order valence-electron chi connectivity index (χ1n) is 8.21. The second kappa shape index (κ2) is 7.57. The quantitative estimate of drug-likeness (QED) is 0.824. The van der Waals surface area contributed by atoms with E-state index in [0.29, 0.717) is 17.8 Å². The third kappa shape index (κ3) is 4.77. The lowest BCUT2D eigenvalue weighted by atomic mass is 10.2. The Morgan fingerprint density at radius 1 is 1.22 bits per heavy atom. The predicted octanol–water partition coefficient (Wildman–Crippen LogP) is 1.10. The number of carbonyl (C=O) groups is 2. The van der Waals surface area contributed by atoms with Gasteiger partial charge in [-0.25, -0.2) is 0 Å². The summed E-state index contributed by atoms with van der Waals surface area (Å²) in [5.74, 6) is 0.0941. The molecule has 0 unspecified atom stereocenters. The van der Waals surface area contributed by atoms with E-state index in [4.69, 9.17) is 4.74 Å². The Kier molecular flexibility index (Phi) is 5.25. The number of carbonyl (C=O) groups excluding carboxylic acids is 2. The zero-order valence-corrected chi connectivity index (χ0v) is 13.2. The molecule has 1 aliphatic carbocycles. The van der Waals surface area contributed by atoms with Gasteiger partial charge in [0.1, 0.15) is 0 Å². The van der Waals surface area contributed by atoms with Crippen LogP contribution in [0.4, 0.5) is 5.69 Å². The van der Waals surface area contributed by atoms with Gasteiger partial charge in [0.05, 0.1) is 13.2 Å². The topological polar surface area (TPSA) is 70.7 Å². The van der Waals surface area contributed by atoms with Crippen LogP contribution in [0.5, 0.6) is 0 Å². The molecule has 2 aliphatic rings. The first-order valence-corrected chi connectivity index (χ1v) is 8.21. The summed E-state index contributed by atoms with van der Waals surface area (Å²) in [5.41, 5.74) is 1.25. The molecule has 1 saturated heterocycles. The van der Waals surface area contributed by atoms with Crippen molar-refractivity contribution in [2.45, 2.75) is 12.8 Å². The lowest BCUT2D eigenvalue weighted by Gasteiger charge is -2.26. The number of nitrogens with zero attached hydrogens (tertiary/aromatic N) is 1. The van der Waals surface area contributed by atoms with Crippen LogP contribution >= 0.6 is 0 Å². The van der Waals surface area contributed by atoms with Gasteiger partial charge in [-0.05, 0) is 31.0 Å². The van der Waals surface area contributed by atoms with Crippen LogP contribution in [-0.4, -0.2) is 56.1 Å². The molecule has 23 heavy (non-hydrogen) atoms. The van der Waals surface area contributed by atoms with Gasteiger partial charge < -0.3 is 15.4 Å². The molecule has 0 aromatic heterocycles. The Morgan fingerprint density at radius 3 is 2.74 bits per heavy atom. The lowest BCUT2D eigenvalue weighted by Crippen LogP contribution is -2.41. The summed E-state index contributed by atoms with van der Waals surface area (Å²) in [4.78, 5) is 26.3. The maximum absolute atomic E-state index is 12.2. The second-order valence-electron chi connectivity index (χ2n) is 6.05. The molecule has 2 N–H and O–H groups in total. The van der Waals surface area contributed by atoms with Gasteiger partial charge in [-0.2, -0.15) is 0 Å². The molecule has 0 spiro atoms. The Balaban J connectivity index is 1.47. The summed E-state index contributed by atoms with van der Waals surface area (Å²) < 4.78 is 5.30. The first-order chi connectivity index (χ1) is 11.2. The number of nitrogens with one attached hydrogen (secondary N) is 2. The van der Waals surface area contributed by atoms with Gasteiger partial charge in [0, 0.05) is 43.3 Å². The Morgan fingerprint density at radius 2 is 2.00 bits per heavy atom. The molecule has 2 amide bonds. The smallest absolute Gasteiger partial charge is 0.251 e. The van der Waals surface area contributed by atoms with Crippen molar-refractivity contribution in [1.82, 2.24) is 10.2 Å². The first kappa shape index (κ1) is 16.0. The van der Waals surface area contributed by atoms with Gasteiger partial charge in [0.2, 0.25) is 5.91 Å². The fourth-order valence-corrected chi connectivity index (χ4v) is 2.58. The van der Waals surface area contributed by atoms with Crippen molar-refractivity contribution in [3.05, 3.63) is 29.8 Å². The number of benzene rings is 1. The minimum absolute atomic E-state index is 0.0508. The molecule has 1 heterocycles. The molecule has 6 nitrogen and oxygen atoms in total. The second-order valence-corrected chi connectivity index (χ2v) is 6.05. The number of morpholine rings is 1. The van der Waals surface area contributed by atoms with Gasteiger partial charge in [-0.3, -0.25) is 14.5 Å². The maximum Gasteiger partial charge on any atom is 0.251 e. The molecule has 1 saturated carbocycles. The van der Waals surface area contributed by atoms with Crippen LogP contribution < -0.4 is 10.6 Å². The van der Waals surface area contributed by atoms with Crippen molar-refractivity contribution in [2.24, 2.45) is 5.92 Å². The number of rotatable bonds is 6. The Hall–Kier alpha value is -1.92. The molecule has 1 aromatic carbocycles. The zero-order chi connectivity index (χ0) is 16.1. The van der Waals surface area contributed by atoms with Crippen LogP contribution in [-0.2, 0) is 9.53 Å². The molecule has 6 heteroatoms. The monoisotopic (exact) mass is 317 g/mol. The Bertz CT molecular complexity index is 566. The minimum Gasteiger partial charge on any atom is -0.379 e. The van der Waals surface area contributed by atoms with E-state index < -0.39 is 0 Å². The summed E-state index contributed by atoms with van der Waals surface area (Å²) in [6, 6.07) is 7.09. The fraction of sp³-hybridized carbons (Fsp3) is 0.529. The number of ether oxygens (including phenoxy) is 1. The van der Waals surface area contributed by atoms with Crippen LogP contribution in [0, 0.1) is 5.92 Å². The molecule has 1 aromatic rings. The van der Waals surface area contributed by atoms with E-state index in [1.165, 1.54) is 0 Å². The summed E-state index contributed by atoms with van der Waals surface area (Å²) in [7, 11) is 0. The third-order valence-corrected chi connectivity index (χ3v) is 4.16. The van der Waals surface area contributed by atoms with E-state index in [-0.39, 0.29) is 17.7 Å².